The Hall–Kier alpha value is -0.970. The van der Waals surface area contributed by atoms with E-state index in [-0.39, 0.29) is 11.8 Å². The van der Waals surface area contributed by atoms with Crippen LogP contribution in [-0.4, -0.2) is 28.6 Å². The molecular weight excluding hydrogens is 210 g/mol. The van der Waals surface area contributed by atoms with Crippen molar-refractivity contribution in [3.8, 4) is 0 Å². The molecule has 1 aliphatic heterocycles. The summed E-state index contributed by atoms with van der Waals surface area (Å²) in [6.07, 6.45) is 3.23. The molecule has 1 fully saturated rings. The van der Waals surface area contributed by atoms with Gasteiger partial charge in [-0.3, -0.25) is 4.79 Å². The number of hydrogen-bond acceptors (Lipinski definition) is 5. The van der Waals surface area contributed by atoms with Crippen molar-refractivity contribution in [1.82, 2.24) is 10.2 Å². The van der Waals surface area contributed by atoms with E-state index in [0.29, 0.717) is 0 Å². The number of ketones is 1. The number of aromatic nitrogens is 2. The fraction of sp³-hybridized carbons (Fsp3) is 0.700. The first-order chi connectivity index (χ1) is 7.18. The highest BCUT2D eigenvalue weighted by atomic mass is 32.1. The molecular formula is C10H15N3OS. The number of anilines is 1. The van der Waals surface area contributed by atoms with Crippen LogP contribution in [0.25, 0.3) is 0 Å². The second kappa shape index (κ2) is 4.26. The molecule has 0 aliphatic carbocycles. The average Bonchev–Trinajstić information content (AvgIpc) is 2.65. The molecule has 15 heavy (non-hydrogen) atoms. The minimum Gasteiger partial charge on any atom is -0.337 e. The van der Waals surface area contributed by atoms with E-state index in [1.807, 2.05) is 6.92 Å². The van der Waals surface area contributed by atoms with Crippen LogP contribution < -0.4 is 4.90 Å². The molecule has 1 aliphatic rings. The molecule has 1 saturated heterocycles. The number of hydrogen-bond donors (Lipinski definition) is 0. The summed E-state index contributed by atoms with van der Waals surface area (Å²) in [5.74, 6) is 0.238. The van der Waals surface area contributed by atoms with E-state index >= 15 is 0 Å². The summed E-state index contributed by atoms with van der Waals surface area (Å²) in [6, 6.07) is 0.0195. The standard InChI is InChI=1S/C10H15N3OS/c1-7(14)9-5-3-4-6-13(9)10-12-11-8(2)15-10/h9H,3-6H2,1-2H3. The molecule has 1 aromatic heterocycles. The van der Waals surface area contributed by atoms with Crippen molar-refractivity contribution in [3.05, 3.63) is 5.01 Å². The third-order valence-electron chi connectivity index (χ3n) is 2.73. The fourth-order valence-corrected chi connectivity index (χ4v) is 2.75. The van der Waals surface area contributed by atoms with Gasteiger partial charge in [-0.15, -0.1) is 10.2 Å². The van der Waals surface area contributed by atoms with Crippen LogP contribution in [-0.2, 0) is 4.79 Å². The van der Waals surface area contributed by atoms with Crippen molar-refractivity contribution >= 4 is 22.3 Å². The molecule has 1 unspecified atom stereocenters. The van der Waals surface area contributed by atoms with E-state index in [2.05, 4.69) is 15.1 Å². The summed E-state index contributed by atoms with van der Waals surface area (Å²) in [5, 5.41) is 9.97. The quantitative estimate of drug-likeness (QED) is 0.770. The van der Waals surface area contributed by atoms with Crippen molar-refractivity contribution in [2.75, 3.05) is 11.4 Å². The van der Waals surface area contributed by atoms with Crippen LogP contribution in [0.4, 0.5) is 5.13 Å². The molecule has 0 radical (unpaired) electrons. The lowest BCUT2D eigenvalue weighted by atomic mass is 10.00. The third-order valence-corrected chi connectivity index (χ3v) is 3.61. The van der Waals surface area contributed by atoms with Gasteiger partial charge in [-0.1, -0.05) is 11.3 Å². The van der Waals surface area contributed by atoms with Crippen molar-refractivity contribution in [3.63, 3.8) is 0 Å². The van der Waals surface area contributed by atoms with Gasteiger partial charge in [0.25, 0.3) is 0 Å². The Morgan fingerprint density at radius 1 is 1.47 bits per heavy atom. The molecule has 0 amide bonds. The molecule has 2 heterocycles. The highest BCUT2D eigenvalue weighted by Gasteiger charge is 2.28. The van der Waals surface area contributed by atoms with Gasteiger partial charge in [-0.05, 0) is 33.1 Å². The van der Waals surface area contributed by atoms with E-state index in [1.165, 1.54) is 0 Å². The zero-order chi connectivity index (χ0) is 10.8. The summed E-state index contributed by atoms with van der Waals surface area (Å²) in [6.45, 7) is 4.53. The maximum atomic E-state index is 11.5. The van der Waals surface area contributed by atoms with Crippen LogP contribution in [0.3, 0.4) is 0 Å². The second-order valence-corrected chi connectivity index (χ2v) is 5.08. The number of carbonyl (C=O) groups is 1. The summed E-state index contributed by atoms with van der Waals surface area (Å²) in [7, 11) is 0. The van der Waals surface area contributed by atoms with Crippen LogP contribution in [0.2, 0.25) is 0 Å². The van der Waals surface area contributed by atoms with Gasteiger partial charge in [0.1, 0.15) is 5.01 Å². The number of rotatable bonds is 2. The van der Waals surface area contributed by atoms with E-state index in [0.717, 1.165) is 35.9 Å². The monoisotopic (exact) mass is 225 g/mol. The van der Waals surface area contributed by atoms with E-state index < -0.39 is 0 Å². The maximum absolute atomic E-state index is 11.5. The lowest BCUT2D eigenvalue weighted by Crippen LogP contribution is -2.43. The lowest BCUT2D eigenvalue weighted by molar-refractivity contribution is -0.118. The van der Waals surface area contributed by atoms with Gasteiger partial charge in [0.15, 0.2) is 5.78 Å². The Bertz CT molecular complexity index is 363. The average molecular weight is 225 g/mol. The second-order valence-electron chi connectivity index (χ2n) is 3.92. The van der Waals surface area contributed by atoms with Crippen molar-refractivity contribution in [2.24, 2.45) is 0 Å². The highest BCUT2D eigenvalue weighted by molar-refractivity contribution is 7.15. The Morgan fingerprint density at radius 3 is 2.87 bits per heavy atom. The van der Waals surface area contributed by atoms with E-state index in [1.54, 1.807) is 18.3 Å². The number of Topliss-reactive ketones (excluding diaryl/α,β-unsaturated/α-hetero) is 1. The molecule has 0 bridgehead atoms. The van der Waals surface area contributed by atoms with Crippen LogP contribution in [0, 0.1) is 6.92 Å². The van der Waals surface area contributed by atoms with Crippen LogP contribution in [0.15, 0.2) is 0 Å². The highest BCUT2D eigenvalue weighted by Crippen LogP contribution is 2.27. The third kappa shape index (κ3) is 2.17. The Morgan fingerprint density at radius 2 is 2.27 bits per heavy atom. The van der Waals surface area contributed by atoms with Gasteiger partial charge in [0, 0.05) is 6.54 Å². The van der Waals surface area contributed by atoms with Crippen molar-refractivity contribution in [1.29, 1.82) is 0 Å². The van der Waals surface area contributed by atoms with Crippen LogP contribution in [0.5, 0.6) is 0 Å². The minimum absolute atomic E-state index is 0.0195. The topological polar surface area (TPSA) is 46.1 Å². The first-order valence-electron chi connectivity index (χ1n) is 5.25. The number of nitrogens with zero attached hydrogens (tertiary/aromatic N) is 3. The summed E-state index contributed by atoms with van der Waals surface area (Å²) in [5.41, 5.74) is 0. The van der Waals surface area contributed by atoms with E-state index in [4.69, 9.17) is 0 Å². The smallest absolute Gasteiger partial charge is 0.208 e. The van der Waals surface area contributed by atoms with Gasteiger partial charge in [-0.2, -0.15) is 0 Å². The number of piperidine rings is 1. The van der Waals surface area contributed by atoms with E-state index in [9.17, 15) is 4.79 Å². The SMILES string of the molecule is CC(=O)C1CCCCN1c1nnc(C)s1. The zero-order valence-electron chi connectivity index (χ0n) is 9.06. The summed E-state index contributed by atoms with van der Waals surface area (Å²) < 4.78 is 0. The lowest BCUT2D eigenvalue weighted by Gasteiger charge is -2.33. The van der Waals surface area contributed by atoms with Gasteiger partial charge < -0.3 is 4.90 Å². The largest absolute Gasteiger partial charge is 0.337 e. The maximum Gasteiger partial charge on any atom is 0.208 e. The number of carbonyl (C=O) groups excluding carboxylic acids is 1. The Labute approximate surface area is 93.3 Å². The van der Waals surface area contributed by atoms with Gasteiger partial charge >= 0.3 is 0 Å². The predicted octanol–water partition coefficient (Wildman–Crippen LogP) is 1.79. The van der Waals surface area contributed by atoms with Crippen molar-refractivity contribution < 1.29 is 4.79 Å². The van der Waals surface area contributed by atoms with Crippen molar-refractivity contribution in [2.45, 2.75) is 39.2 Å². The Kier molecular flexibility index (Phi) is 3.00. The Balaban J connectivity index is 2.21. The molecule has 0 saturated carbocycles. The number of aryl methyl sites for hydroxylation is 1. The normalized spacial score (nSPS) is 21.7. The molecule has 1 aromatic rings. The molecule has 4 nitrogen and oxygen atoms in total. The molecule has 5 heteroatoms. The van der Waals surface area contributed by atoms with Crippen LogP contribution >= 0.6 is 11.3 Å². The first-order valence-corrected chi connectivity index (χ1v) is 6.07. The molecule has 2 rings (SSSR count). The molecule has 0 N–H and O–H groups in total. The van der Waals surface area contributed by atoms with Crippen LogP contribution in [0.1, 0.15) is 31.2 Å². The molecule has 82 valence electrons. The van der Waals surface area contributed by atoms with Gasteiger partial charge in [0.2, 0.25) is 5.13 Å². The molecule has 0 aromatic carbocycles. The predicted molar refractivity (Wildman–Crippen MR) is 60.3 cm³/mol. The minimum atomic E-state index is 0.0195. The summed E-state index contributed by atoms with van der Waals surface area (Å²) >= 11 is 1.57. The zero-order valence-corrected chi connectivity index (χ0v) is 9.88. The molecule has 0 spiro atoms. The molecule has 1 atom stereocenters. The summed E-state index contributed by atoms with van der Waals surface area (Å²) in [4.78, 5) is 13.6. The fourth-order valence-electron chi connectivity index (χ4n) is 1.99. The van der Waals surface area contributed by atoms with Gasteiger partial charge in [0.05, 0.1) is 6.04 Å². The van der Waals surface area contributed by atoms with Gasteiger partial charge in [-0.25, -0.2) is 0 Å². The first kappa shape index (κ1) is 10.5.